The summed E-state index contributed by atoms with van der Waals surface area (Å²) in [7, 11) is 3.97. The number of hydrogen-bond donors (Lipinski definition) is 0. The highest BCUT2D eigenvalue weighted by Crippen LogP contribution is 2.35. The van der Waals surface area contributed by atoms with E-state index in [2.05, 4.69) is 25.7 Å². The average molecular weight is 288 g/mol. The van der Waals surface area contributed by atoms with Gasteiger partial charge in [0, 0.05) is 12.6 Å². The number of hydrogen-bond acceptors (Lipinski definition) is 2. The molecular weight excluding hydrogens is 260 g/mol. The van der Waals surface area contributed by atoms with Crippen LogP contribution in [0.15, 0.2) is 30.3 Å². The molecule has 2 unspecified atom stereocenters. The third kappa shape index (κ3) is 3.46. The minimum atomic E-state index is -0.186. The predicted octanol–water partition coefficient (Wildman–Crippen LogP) is 3.33. The number of carbonyl (C=O) groups is 1. The van der Waals surface area contributed by atoms with E-state index >= 15 is 0 Å². The largest absolute Gasteiger partial charge is 0.338 e. The first kappa shape index (κ1) is 16.0. The topological polar surface area (TPSA) is 23.6 Å². The molecule has 1 heterocycles. The van der Waals surface area contributed by atoms with Crippen molar-refractivity contribution in [3.8, 4) is 0 Å². The van der Waals surface area contributed by atoms with Crippen LogP contribution >= 0.6 is 0 Å². The zero-order chi connectivity index (χ0) is 15.6. The Morgan fingerprint density at radius 1 is 1.24 bits per heavy atom. The van der Waals surface area contributed by atoms with Gasteiger partial charge in [-0.25, -0.2) is 0 Å². The molecule has 2 atom stereocenters. The molecule has 1 fully saturated rings. The van der Waals surface area contributed by atoms with Crippen LogP contribution in [0.2, 0.25) is 0 Å². The first-order valence-electron chi connectivity index (χ1n) is 7.84. The van der Waals surface area contributed by atoms with E-state index in [1.54, 1.807) is 0 Å². The zero-order valence-electron chi connectivity index (χ0n) is 14.0. The fraction of sp³-hybridized carbons (Fsp3) is 0.611. The Bertz CT molecular complexity index is 476. The fourth-order valence-electron chi connectivity index (χ4n) is 3.38. The maximum absolute atomic E-state index is 13.1. The molecule has 0 N–H and O–H groups in total. The molecule has 2 rings (SSSR count). The van der Waals surface area contributed by atoms with E-state index in [-0.39, 0.29) is 17.4 Å². The van der Waals surface area contributed by atoms with Gasteiger partial charge in [-0.3, -0.25) is 9.69 Å². The molecule has 116 valence electrons. The van der Waals surface area contributed by atoms with Crippen LogP contribution in [0.25, 0.3) is 0 Å². The van der Waals surface area contributed by atoms with Crippen LogP contribution in [0.1, 0.15) is 45.2 Å². The van der Waals surface area contributed by atoms with Crippen LogP contribution in [-0.2, 0) is 4.79 Å². The number of likely N-dealkylation sites (N-methyl/N-ethyl adjacent to an activating group) is 1. The normalized spacial score (nSPS) is 20.9. The SMILES string of the molecule is CN(C)C(C(=O)N1CCCC1C(C)(C)C)c1ccccc1. The number of benzene rings is 1. The fourth-order valence-corrected chi connectivity index (χ4v) is 3.38. The molecule has 0 aliphatic carbocycles. The lowest BCUT2D eigenvalue weighted by atomic mass is 9.85. The first-order chi connectivity index (χ1) is 9.82. The quantitative estimate of drug-likeness (QED) is 0.852. The number of nitrogens with zero attached hydrogens (tertiary/aromatic N) is 2. The number of likely N-dealkylation sites (tertiary alicyclic amines) is 1. The summed E-state index contributed by atoms with van der Waals surface area (Å²) in [5, 5.41) is 0. The Hall–Kier alpha value is -1.35. The molecule has 1 aromatic rings. The maximum Gasteiger partial charge on any atom is 0.244 e. The summed E-state index contributed by atoms with van der Waals surface area (Å²) in [5.74, 6) is 0.239. The molecule has 0 aromatic heterocycles. The van der Waals surface area contributed by atoms with E-state index in [0.717, 1.165) is 24.9 Å². The third-order valence-corrected chi connectivity index (χ3v) is 4.40. The van der Waals surface area contributed by atoms with Crippen LogP contribution in [0.5, 0.6) is 0 Å². The highest BCUT2D eigenvalue weighted by Gasteiger charge is 2.40. The molecule has 0 bridgehead atoms. The van der Waals surface area contributed by atoms with Gasteiger partial charge in [-0.05, 0) is 37.9 Å². The van der Waals surface area contributed by atoms with Crippen molar-refractivity contribution in [1.29, 1.82) is 0 Å². The Kier molecular flexibility index (Phi) is 4.72. The molecule has 21 heavy (non-hydrogen) atoms. The second kappa shape index (κ2) is 6.18. The summed E-state index contributed by atoms with van der Waals surface area (Å²) >= 11 is 0. The van der Waals surface area contributed by atoms with Gasteiger partial charge in [-0.1, -0.05) is 51.1 Å². The molecule has 1 aliphatic rings. The number of carbonyl (C=O) groups excluding carboxylic acids is 1. The molecule has 3 nitrogen and oxygen atoms in total. The zero-order valence-corrected chi connectivity index (χ0v) is 14.0. The Morgan fingerprint density at radius 3 is 2.38 bits per heavy atom. The summed E-state index contributed by atoms with van der Waals surface area (Å²) in [4.78, 5) is 17.3. The molecule has 0 saturated carbocycles. The van der Waals surface area contributed by atoms with Gasteiger partial charge < -0.3 is 4.90 Å². The van der Waals surface area contributed by atoms with Crippen LogP contribution in [0.3, 0.4) is 0 Å². The number of rotatable bonds is 3. The van der Waals surface area contributed by atoms with Crippen molar-refractivity contribution >= 4 is 5.91 Å². The van der Waals surface area contributed by atoms with Gasteiger partial charge in [0.05, 0.1) is 0 Å². The highest BCUT2D eigenvalue weighted by atomic mass is 16.2. The van der Waals surface area contributed by atoms with Crippen molar-refractivity contribution < 1.29 is 4.79 Å². The lowest BCUT2D eigenvalue weighted by Crippen LogP contribution is -2.47. The summed E-state index contributed by atoms with van der Waals surface area (Å²) in [6.07, 6.45) is 2.23. The van der Waals surface area contributed by atoms with Gasteiger partial charge in [-0.15, -0.1) is 0 Å². The summed E-state index contributed by atoms with van der Waals surface area (Å²) in [6.45, 7) is 7.58. The minimum absolute atomic E-state index is 0.139. The van der Waals surface area contributed by atoms with Crippen molar-refractivity contribution in [2.45, 2.75) is 45.7 Å². The van der Waals surface area contributed by atoms with E-state index < -0.39 is 0 Å². The third-order valence-electron chi connectivity index (χ3n) is 4.40. The lowest BCUT2D eigenvalue weighted by Gasteiger charge is -2.38. The van der Waals surface area contributed by atoms with Crippen molar-refractivity contribution in [1.82, 2.24) is 9.80 Å². The smallest absolute Gasteiger partial charge is 0.244 e. The molecule has 0 radical (unpaired) electrons. The van der Waals surface area contributed by atoms with E-state index in [0.29, 0.717) is 6.04 Å². The maximum atomic E-state index is 13.1. The highest BCUT2D eigenvalue weighted by molar-refractivity contribution is 5.84. The van der Waals surface area contributed by atoms with Gasteiger partial charge in [0.1, 0.15) is 6.04 Å². The van der Waals surface area contributed by atoms with Crippen LogP contribution in [0.4, 0.5) is 0 Å². The van der Waals surface area contributed by atoms with Gasteiger partial charge >= 0.3 is 0 Å². The van der Waals surface area contributed by atoms with Crippen molar-refractivity contribution in [2.75, 3.05) is 20.6 Å². The summed E-state index contributed by atoms with van der Waals surface area (Å²) in [6, 6.07) is 10.3. The molecule has 1 saturated heterocycles. The van der Waals surface area contributed by atoms with Crippen molar-refractivity contribution in [3.63, 3.8) is 0 Å². The van der Waals surface area contributed by atoms with E-state index in [1.807, 2.05) is 49.3 Å². The van der Waals surface area contributed by atoms with Gasteiger partial charge in [0.25, 0.3) is 0 Å². The van der Waals surface area contributed by atoms with Crippen LogP contribution in [-0.4, -0.2) is 42.4 Å². The van der Waals surface area contributed by atoms with Gasteiger partial charge in [0.2, 0.25) is 5.91 Å². The minimum Gasteiger partial charge on any atom is -0.338 e. The average Bonchev–Trinajstić information content (AvgIpc) is 2.88. The van der Waals surface area contributed by atoms with Crippen LogP contribution in [0, 0.1) is 5.41 Å². The van der Waals surface area contributed by atoms with Crippen molar-refractivity contribution in [3.05, 3.63) is 35.9 Å². The number of amides is 1. The molecule has 3 heteroatoms. The van der Waals surface area contributed by atoms with E-state index in [4.69, 9.17) is 0 Å². The van der Waals surface area contributed by atoms with Crippen molar-refractivity contribution in [2.24, 2.45) is 5.41 Å². The lowest BCUT2D eigenvalue weighted by molar-refractivity contribution is -0.139. The van der Waals surface area contributed by atoms with Crippen LogP contribution < -0.4 is 0 Å². The Balaban J connectivity index is 2.27. The molecule has 1 aromatic carbocycles. The monoisotopic (exact) mass is 288 g/mol. The molecular formula is C18H28N2O. The summed E-state index contributed by atoms with van der Waals surface area (Å²) in [5.41, 5.74) is 1.21. The first-order valence-corrected chi connectivity index (χ1v) is 7.84. The molecule has 1 aliphatic heterocycles. The molecule has 1 amide bonds. The van der Waals surface area contributed by atoms with E-state index in [9.17, 15) is 4.79 Å². The Morgan fingerprint density at radius 2 is 1.86 bits per heavy atom. The standard InChI is InChI=1S/C18H28N2O/c1-18(2,3)15-12-9-13-20(15)17(21)16(19(4)5)14-10-7-6-8-11-14/h6-8,10-11,15-16H,9,12-13H2,1-5H3. The second-order valence-corrected chi connectivity index (χ2v) is 7.33. The van der Waals surface area contributed by atoms with Gasteiger partial charge in [0.15, 0.2) is 0 Å². The van der Waals surface area contributed by atoms with E-state index in [1.165, 1.54) is 0 Å². The van der Waals surface area contributed by atoms with Gasteiger partial charge in [-0.2, -0.15) is 0 Å². The second-order valence-electron chi connectivity index (χ2n) is 7.33. The predicted molar refractivity (Wildman–Crippen MR) is 87.1 cm³/mol. The Labute approximate surface area is 128 Å². The summed E-state index contributed by atoms with van der Waals surface area (Å²) < 4.78 is 0. The molecule has 0 spiro atoms.